The zero-order chi connectivity index (χ0) is 25.5. The number of nitriles is 1. The van der Waals surface area contributed by atoms with Gasteiger partial charge in [0.2, 0.25) is 0 Å². The topological polar surface area (TPSA) is 92.7 Å². The predicted octanol–water partition coefficient (Wildman–Crippen LogP) is 2.16. The fraction of sp³-hybridized carbons (Fsp3) is 0.370. The molecular weight excluding hydrogens is 458 g/mol. The third-order valence-corrected chi connectivity index (χ3v) is 6.52. The van der Waals surface area contributed by atoms with Gasteiger partial charge in [-0.05, 0) is 42.8 Å². The zero-order valence-electron chi connectivity index (χ0n) is 20.7. The first-order chi connectivity index (χ1) is 17.5. The van der Waals surface area contributed by atoms with E-state index in [1.807, 2.05) is 48.5 Å². The first-order valence-electron chi connectivity index (χ1n) is 12.0. The normalized spacial score (nSPS) is 13.9. The van der Waals surface area contributed by atoms with Gasteiger partial charge in [-0.1, -0.05) is 24.3 Å². The lowest BCUT2D eigenvalue weighted by Gasteiger charge is -2.36. The molecule has 9 heteroatoms. The average Bonchev–Trinajstić information content (AvgIpc) is 2.92. The Kier molecular flexibility index (Phi) is 8.08. The van der Waals surface area contributed by atoms with E-state index < -0.39 is 11.2 Å². The Balaban J connectivity index is 1.39. The van der Waals surface area contributed by atoms with Crippen LogP contribution in [0.1, 0.15) is 17.5 Å². The fourth-order valence-electron chi connectivity index (χ4n) is 4.52. The molecule has 1 saturated heterocycles. The number of piperazine rings is 1. The molecule has 0 spiro atoms. The van der Waals surface area contributed by atoms with E-state index in [0.29, 0.717) is 6.42 Å². The molecule has 4 rings (SSSR count). The molecule has 0 amide bonds. The lowest BCUT2D eigenvalue weighted by molar-refractivity contribution is 0.248. The van der Waals surface area contributed by atoms with Gasteiger partial charge in [0, 0.05) is 38.9 Å². The first kappa shape index (κ1) is 25.1. The number of para-hydroxylation sites is 2. The molecule has 9 nitrogen and oxygen atoms in total. The number of benzene rings is 2. The molecule has 0 aliphatic carbocycles. The minimum atomic E-state index is -0.533. The van der Waals surface area contributed by atoms with Gasteiger partial charge in [-0.3, -0.25) is 18.8 Å². The van der Waals surface area contributed by atoms with Gasteiger partial charge in [-0.2, -0.15) is 5.26 Å². The summed E-state index contributed by atoms with van der Waals surface area (Å²) in [6.07, 6.45) is 1.99. The van der Waals surface area contributed by atoms with Crippen LogP contribution in [-0.2, 0) is 13.1 Å². The molecule has 0 saturated carbocycles. The third-order valence-electron chi connectivity index (χ3n) is 6.52. The standard InChI is InChI=1S/C27H31N5O4/c1-35-23-10-8-21(9-11-23)19-31-20-22(18-28)26(33)32(27(31)34)13-5-12-29-14-16-30(17-15-29)24-6-3-4-7-25(24)36-2/h3-4,6-11,20H,5,12-17,19H2,1-2H3. The quantitative estimate of drug-likeness (QED) is 0.455. The first-order valence-corrected chi connectivity index (χ1v) is 12.0. The van der Waals surface area contributed by atoms with Gasteiger partial charge in [0.1, 0.15) is 23.1 Å². The Bertz CT molecular complexity index is 1330. The van der Waals surface area contributed by atoms with Gasteiger partial charge in [0.05, 0.1) is 26.5 Å². The van der Waals surface area contributed by atoms with E-state index in [9.17, 15) is 14.9 Å². The van der Waals surface area contributed by atoms with Crippen LogP contribution in [0.2, 0.25) is 0 Å². The van der Waals surface area contributed by atoms with Gasteiger partial charge in [0.25, 0.3) is 5.56 Å². The smallest absolute Gasteiger partial charge is 0.331 e. The van der Waals surface area contributed by atoms with Gasteiger partial charge in [-0.15, -0.1) is 0 Å². The van der Waals surface area contributed by atoms with Crippen molar-refractivity contribution in [1.82, 2.24) is 14.0 Å². The van der Waals surface area contributed by atoms with E-state index in [0.717, 1.165) is 55.5 Å². The molecule has 0 unspecified atom stereocenters. The second-order valence-corrected chi connectivity index (χ2v) is 8.72. The van der Waals surface area contributed by atoms with Crippen LogP contribution in [0.25, 0.3) is 0 Å². The lowest BCUT2D eigenvalue weighted by Crippen LogP contribution is -2.47. The SMILES string of the molecule is COc1ccc(Cn2cc(C#N)c(=O)n(CCCN3CCN(c4ccccc4OC)CC3)c2=O)cc1. The molecule has 0 radical (unpaired) electrons. The lowest BCUT2D eigenvalue weighted by atomic mass is 10.2. The van der Waals surface area contributed by atoms with E-state index in [1.54, 1.807) is 14.2 Å². The summed E-state index contributed by atoms with van der Waals surface area (Å²) in [5, 5.41) is 9.46. The number of ether oxygens (including phenoxy) is 2. The molecule has 36 heavy (non-hydrogen) atoms. The average molecular weight is 490 g/mol. The summed E-state index contributed by atoms with van der Waals surface area (Å²) >= 11 is 0. The molecule has 2 heterocycles. The highest BCUT2D eigenvalue weighted by Gasteiger charge is 2.19. The Hall–Kier alpha value is -4.03. The summed E-state index contributed by atoms with van der Waals surface area (Å²) < 4.78 is 13.3. The minimum absolute atomic E-state index is 0.0338. The number of aromatic nitrogens is 2. The number of hydrogen-bond donors (Lipinski definition) is 0. The summed E-state index contributed by atoms with van der Waals surface area (Å²) in [6, 6.07) is 17.3. The van der Waals surface area contributed by atoms with Gasteiger partial charge < -0.3 is 14.4 Å². The minimum Gasteiger partial charge on any atom is -0.497 e. The Morgan fingerprint density at radius 2 is 1.64 bits per heavy atom. The van der Waals surface area contributed by atoms with E-state index in [2.05, 4.69) is 15.9 Å². The maximum atomic E-state index is 13.1. The van der Waals surface area contributed by atoms with Gasteiger partial charge >= 0.3 is 5.69 Å². The number of anilines is 1. The van der Waals surface area contributed by atoms with E-state index in [1.165, 1.54) is 15.3 Å². The van der Waals surface area contributed by atoms with E-state index in [-0.39, 0.29) is 18.7 Å². The molecule has 0 atom stereocenters. The molecule has 1 aliphatic rings. The molecular formula is C27H31N5O4. The molecule has 1 fully saturated rings. The Morgan fingerprint density at radius 1 is 0.917 bits per heavy atom. The van der Waals surface area contributed by atoms with Crippen molar-refractivity contribution in [3.63, 3.8) is 0 Å². The molecule has 1 aromatic heterocycles. The zero-order valence-corrected chi connectivity index (χ0v) is 20.7. The van der Waals surface area contributed by atoms with Crippen molar-refractivity contribution in [2.24, 2.45) is 0 Å². The number of methoxy groups -OCH3 is 2. The molecule has 188 valence electrons. The third kappa shape index (κ3) is 5.61. The summed E-state index contributed by atoms with van der Waals surface area (Å²) in [5.41, 5.74) is 0.996. The highest BCUT2D eigenvalue weighted by atomic mass is 16.5. The molecule has 3 aromatic rings. The van der Waals surface area contributed by atoms with Gasteiger partial charge in [0.15, 0.2) is 0 Å². The van der Waals surface area contributed by atoms with Crippen molar-refractivity contribution >= 4 is 5.69 Å². The monoisotopic (exact) mass is 489 g/mol. The number of hydrogen-bond acceptors (Lipinski definition) is 7. The van der Waals surface area contributed by atoms with Crippen LogP contribution in [0.15, 0.2) is 64.3 Å². The fourth-order valence-corrected chi connectivity index (χ4v) is 4.52. The van der Waals surface area contributed by atoms with Crippen molar-refractivity contribution in [1.29, 1.82) is 5.26 Å². The van der Waals surface area contributed by atoms with Crippen molar-refractivity contribution < 1.29 is 9.47 Å². The summed E-state index contributed by atoms with van der Waals surface area (Å²) in [7, 11) is 3.28. The molecule has 2 aromatic carbocycles. The highest BCUT2D eigenvalue weighted by molar-refractivity contribution is 5.58. The summed E-state index contributed by atoms with van der Waals surface area (Å²) in [4.78, 5) is 30.5. The van der Waals surface area contributed by atoms with Crippen LogP contribution >= 0.6 is 0 Å². The molecule has 0 N–H and O–H groups in total. The van der Waals surface area contributed by atoms with E-state index in [4.69, 9.17) is 9.47 Å². The molecule has 1 aliphatic heterocycles. The maximum absolute atomic E-state index is 13.1. The predicted molar refractivity (Wildman–Crippen MR) is 138 cm³/mol. The van der Waals surface area contributed by atoms with Crippen molar-refractivity contribution in [2.75, 3.05) is 51.8 Å². The van der Waals surface area contributed by atoms with Gasteiger partial charge in [-0.25, -0.2) is 4.79 Å². The largest absolute Gasteiger partial charge is 0.497 e. The van der Waals surface area contributed by atoms with Crippen LogP contribution in [0, 0.1) is 11.3 Å². The van der Waals surface area contributed by atoms with Crippen LogP contribution < -0.4 is 25.6 Å². The van der Waals surface area contributed by atoms with Crippen molar-refractivity contribution in [3.8, 4) is 17.6 Å². The Morgan fingerprint density at radius 3 is 2.31 bits per heavy atom. The second kappa shape index (κ2) is 11.6. The number of rotatable bonds is 9. The van der Waals surface area contributed by atoms with E-state index >= 15 is 0 Å². The van der Waals surface area contributed by atoms with Crippen LogP contribution in [0.5, 0.6) is 11.5 Å². The maximum Gasteiger partial charge on any atom is 0.331 e. The Labute approximate surface area is 210 Å². The highest BCUT2D eigenvalue weighted by Crippen LogP contribution is 2.28. The van der Waals surface area contributed by atoms with Crippen LogP contribution in [0.4, 0.5) is 5.69 Å². The molecule has 0 bridgehead atoms. The van der Waals surface area contributed by atoms with Crippen LogP contribution in [-0.4, -0.2) is 61.0 Å². The van der Waals surface area contributed by atoms with Crippen molar-refractivity contribution in [2.45, 2.75) is 19.5 Å². The second-order valence-electron chi connectivity index (χ2n) is 8.72. The van der Waals surface area contributed by atoms with Crippen molar-refractivity contribution in [3.05, 3.63) is 86.7 Å². The number of nitrogens with zero attached hydrogens (tertiary/aromatic N) is 5. The summed E-state index contributed by atoms with van der Waals surface area (Å²) in [5.74, 6) is 1.59. The van der Waals surface area contributed by atoms with Crippen LogP contribution in [0.3, 0.4) is 0 Å². The summed E-state index contributed by atoms with van der Waals surface area (Å²) in [6.45, 7) is 4.81.